The Morgan fingerprint density at radius 2 is 1.70 bits per heavy atom. The third-order valence-corrected chi connectivity index (χ3v) is 8.54. The number of hydrogen-bond acceptors (Lipinski definition) is 10. The average molecular weight is 609 g/mol. The molecule has 1 amide bonds. The molecule has 40 heavy (non-hydrogen) atoms. The standard InChI is InChI=1S/C21H29N3O14P2/c25-14(18-16(27)17(28)19(38-18)24-8-7-15(26)23-20(24)29)6-5-13(40(34,35)36)9-22-21(30)37-10-11-1-3-12(4-2-11)39(31,32)33/h1-4,7-8,13-14,16-19,25,27-28H,5-6,9-10H2,(H,22,30)(H,23,26,29)(H2,31,32,33)(H2,34,35,36)/t13?,14?,16-,17+,18+,19+/m0/s1. The fourth-order valence-corrected chi connectivity index (χ4v) is 5.32. The van der Waals surface area contributed by atoms with Crippen LogP contribution in [-0.4, -0.2) is 87.2 Å². The molecule has 0 saturated carbocycles. The van der Waals surface area contributed by atoms with Crippen LogP contribution in [-0.2, 0) is 25.2 Å². The number of rotatable bonds is 11. The highest BCUT2D eigenvalue weighted by Gasteiger charge is 2.47. The molecule has 1 saturated heterocycles. The predicted octanol–water partition coefficient (Wildman–Crippen LogP) is -2.43. The van der Waals surface area contributed by atoms with Gasteiger partial charge >= 0.3 is 27.0 Å². The lowest BCUT2D eigenvalue weighted by atomic mass is 10.0. The van der Waals surface area contributed by atoms with Crippen molar-refractivity contribution in [3.05, 3.63) is 62.9 Å². The SMILES string of the molecule is O=C(NCC(CCC(O)[C@H]1O[C@@H](n2ccc(=O)[nH]c2=O)[C@H](O)[C@@H]1O)P(=O)(O)O)OCc1ccc(P(=O)(O)O)cc1. The second kappa shape index (κ2) is 12.9. The minimum Gasteiger partial charge on any atom is -0.445 e. The number of alkyl carbamates (subject to hydrolysis) is 1. The molecule has 3 rings (SSSR count). The number of hydrogen-bond donors (Lipinski definition) is 9. The maximum absolute atomic E-state index is 12.0. The molecule has 1 aliphatic heterocycles. The molecule has 0 radical (unpaired) electrons. The zero-order valence-electron chi connectivity index (χ0n) is 20.6. The van der Waals surface area contributed by atoms with Gasteiger partial charge in [-0.3, -0.25) is 23.5 Å². The molecule has 222 valence electrons. The van der Waals surface area contributed by atoms with E-state index in [0.717, 1.165) is 29.0 Å². The Kier molecular flexibility index (Phi) is 10.2. The van der Waals surface area contributed by atoms with Crippen LogP contribution in [0, 0.1) is 0 Å². The number of nitrogens with zero attached hydrogens (tertiary/aromatic N) is 1. The van der Waals surface area contributed by atoms with Gasteiger partial charge in [-0.25, -0.2) is 9.59 Å². The van der Waals surface area contributed by atoms with E-state index in [-0.39, 0.29) is 24.8 Å². The Bertz CT molecular complexity index is 1380. The summed E-state index contributed by atoms with van der Waals surface area (Å²) in [4.78, 5) is 74.8. The molecule has 19 heteroatoms. The van der Waals surface area contributed by atoms with E-state index in [4.69, 9.17) is 19.3 Å². The van der Waals surface area contributed by atoms with E-state index < -0.39 is 75.4 Å². The number of H-pyrrole nitrogens is 1. The highest BCUT2D eigenvalue weighted by Crippen LogP contribution is 2.44. The number of benzene rings is 1. The van der Waals surface area contributed by atoms with Gasteiger partial charge < -0.3 is 49.7 Å². The molecule has 2 heterocycles. The number of carbonyl (C=O) groups is 1. The number of carbonyl (C=O) groups excluding carboxylic acids is 1. The number of nitrogens with one attached hydrogen (secondary N) is 2. The fraction of sp³-hybridized carbons (Fsp3) is 0.476. The summed E-state index contributed by atoms with van der Waals surface area (Å²) in [7, 11) is -9.24. The van der Waals surface area contributed by atoms with Crippen molar-refractivity contribution >= 4 is 26.6 Å². The van der Waals surface area contributed by atoms with Crippen LogP contribution in [0.4, 0.5) is 4.79 Å². The number of amides is 1. The van der Waals surface area contributed by atoms with Gasteiger partial charge in [-0.15, -0.1) is 0 Å². The number of ether oxygens (including phenoxy) is 2. The Hall–Kier alpha value is -2.69. The molecule has 0 bridgehead atoms. The normalized spacial score (nSPS) is 23.0. The van der Waals surface area contributed by atoms with Crippen molar-refractivity contribution in [2.45, 2.75) is 55.8 Å². The lowest BCUT2D eigenvalue weighted by Gasteiger charge is -2.24. The van der Waals surface area contributed by atoms with Crippen LogP contribution >= 0.6 is 15.2 Å². The Balaban J connectivity index is 1.53. The third kappa shape index (κ3) is 8.17. The molecule has 1 aromatic heterocycles. The van der Waals surface area contributed by atoms with Gasteiger partial charge in [0.25, 0.3) is 5.56 Å². The van der Waals surface area contributed by atoms with Gasteiger partial charge in [0.15, 0.2) is 6.23 Å². The number of aromatic amines is 1. The summed E-state index contributed by atoms with van der Waals surface area (Å²) in [6, 6.07) is 5.97. The van der Waals surface area contributed by atoms with E-state index in [0.29, 0.717) is 5.56 Å². The molecule has 17 nitrogen and oxygen atoms in total. The molecule has 6 atom stereocenters. The monoisotopic (exact) mass is 609 g/mol. The summed E-state index contributed by atoms with van der Waals surface area (Å²) in [5, 5.41) is 33.1. The highest BCUT2D eigenvalue weighted by atomic mass is 31.2. The molecule has 2 aromatic rings. The van der Waals surface area contributed by atoms with Crippen LogP contribution in [0.5, 0.6) is 0 Å². The van der Waals surface area contributed by atoms with Crippen LogP contribution in [0.3, 0.4) is 0 Å². The first-order chi connectivity index (χ1) is 18.6. The summed E-state index contributed by atoms with van der Waals surface area (Å²) in [6.07, 6.45) is -8.53. The van der Waals surface area contributed by atoms with E-state index in [2.05, 4.69) is 5.32 Å². The first-order valence-electron chi connectivity index (χ1n) is 11.7. The molecular formula is C21H29N3O14P2. The topological polar surface area (TPSA) is 278 Å². The largest absolute Gasteiger partial charge is 0.445 e. The third-order valence-electron chi connectivity index (χ3n) is 6.18. The van der Waals surface area contributed by atoms with Gasteiger partial charge in [-0.2, -0.15) is 0 Å². The Morgan fingerprint density at radius 1 is 1.05 bits per heavy atom. The Morgan fingerprint density at radius 3 is 2.27 bits per heavy atom. The molecule has 1 fully saturated rings. The van der Waals surface area contributed by atoms with E-state index in [9.17, 15) is 48.6 Å². The fourth-order valence-electron chi connectivity index (χ4n) is 3.97. The molecule has 0 spiro atoms. The second-order valence-electron chi connectivity index (χ2n) is 9.04. The van der Waals surface area contributed by atoms with E-state index in [1.807, 2.05) is 4.98 Å². The van der Waals surface area contributed by atoms with Crippen molar-refractivity contribution in [1.82, 2.24) is 14.9 Å². The molecule has 9 N–H and O–H groups in total. The summed E-state index contributed by atoms with van der Waals surface area (Å²) in [5.74, 6) is 0. The smallest absolute Gasteiger partial charge is 0.407 e. The van der Waals surface area contributed by atoms with Crippen molar-refractivity contribution in [3.8, 4) is 0 Å². The van der Waals surface area contributed by atoms with Gasteiger partial charge in [0.2, 0.25) is 0 Å². The summed E-state index contributed by atoms with van der Waals surface area (Å²) < 4.78 is 34.3. The Labute approximate surface area is 225 Å². The van der Waals surface area contributed by atoms with Crippen molar-refractivity contribution < 1.29 is 58.3 Å². The average Bonchev–Trinajstić information content (AvgIpc) is 3.15. The predicted molar refractivity (Wildman–Crippen MR) is 135 cm³/mol. The minimum absolute atomic E-state index is 0.224. The summed E-state index contributed by atoms with van der Waals surface area (Å²) in [6.45, 7) is -0.857. The first kappa shape index (κ1) is 31.8. The lowest BCUT2D eigenvalue weighted by molar-refractivity contribution is -0.0881. The highest BCUT2D eigenvalue weighted by molar-refractivity contribution is 7.60. The zero-order valence-corrected chi connectivity index (χ0v) is 22.4. The maximum Gasteiger partial charge on any atom is 0.407 e. The second-order valence-corrected chi connectivity index (χ2v) is 12.6. The number of aromatic nitrogens is 2. The summed E-state index contributed by atoms with van der Waals surface area (Å²) in [5.41, 5.74) is -2.72. The lowest BCUT2D eigenvalue weighted by Crippen LogP contribution is -2.40. The zero-order chi connectivity index (χ0) is 29.8. The van der Waals surface area contributed by atoms with E-state index >= 15 is 0 Å². The van der Waals surface area contributed by atoms with Gasteiger partial charge in [-0.05, 0) is 30.5 Å². The van der Waals surface area contributed by atoms with Crippen LogP contribution in [0.25, 0.3) is 0 Å². The van der Waals surface area contributed by atoms with E-state index in [1.54, 1.807) is 0 Å². The van der Waals surface area contributed by atoms with Gasteiger partial charge in [0.05, 0.1) is 17.1 Å². The maximum atomic E-state index is 12.0. The van der Waals surface area contributed by atoms with Crippen molar-refractivity contribution in [3.63, 3.8) is 0 Å². The van der Waals surface area contributed by atoms with Crippen LogP contribution in [0.15, 0.2) is 46.1 Å². The molecule has 1 aliphatic rings. The van der Waals surface area contributed by atoms with Crippen LogP contribution in [0.1, 0.15) is 24.6 Å². The van der Waals surface area contributed by atoms with Crippen molar-refractivity contribution in [1.29, 1.82) is 0 Å². The minimum atomic E-state index is -4.80. The van der Waals surface area contributed by atoms with Crippen LogP contribution < -0.4 is 21.9 Å². The number of aliphatic hydroxyl groups is 3. The van der Waals surface area contributed by atoms with Crippen molar-refractivity contribution in [2.75, 3.05) is 6.54 Å². The number of aliphatic hydroxyl groups excluding tert-OH is 3. The molecule has 2 unspecified atom stereocenters. The van der Waals surface area contributed by atoms with Crippen molar-refractivity contribution in [2.24, 2.45) is 0 Å². The summed E-state index contributed by atoms with van der Waals surface area (Å²) >= 11 is 0. The molecular weight excluding hydrogens is 580 g/mol. The van der Waals surface area contributed by atoms with Gasteiger partial charge in [0.1, 0.15) is 24.9 Å². The molecule has 0 aliphatic carbocycles. The van der Waals surface area contributed by atoms with Crippen LogP contribution in [0.2, 0.25) is 0 Å². The molecule has 1 aromatic carbocycles. The van der Waals surface area contributed by atoms with Gasteiger partial charge in [-0.1, -0.05) is 12.1 Å². The quantitative estimate of drug-likeness (QED) is 0.120. The van der Waals surface area contributed by atoms with E-state index in [1.165, 1.54) is 12.1 Å². The van der Waals surface area contributed by atoms with Gasteiger partial charge in [0, 0.05) is 18.8 Å². The first-order valence-corrected chi connectivity index (χ1v) is 15.0.